The topological polar surface area (TPSA) is 37.4 Å². The highest BCUT2D eigenvalue weighted by atomic mass is 32.2. The highest BCUT2D eigenvalue weighted by Gasteiger charge is 2.14. The van der Waals surface area contributed by atoms with E-state index in [0.29, 0.717) is 4.90 Å². The summed E-state index contributed by atoms with van der Waals surface area (Å²) < 4.78 is 24.5. The first-order valence-electron chi connectivity index (χ1n) is 4.30. The van der Waals surface area contributed by atoms with E-state index in [1.54, 1.807) is 24.3 Å². The Bertz CT molecular complexity index is 393. The summed E-state index contributed by atoms with van der Waals surface area (Å²) in [6.45, 7) is 1.91. The Balaban J connectivity index is 3.10. The smallest absolute Gasteiger partial charge is 0.207 e. The van der Waals surface area contributed by atoms with Gasteiger partial charge in [0.2, 0.25) is 10.0 Å². The maximum Gasteiger partial charge on any atom is 0.240 e. The predicted octanol–water partition coefficient (Wildman–Crippen LogP) is 1.51. The molecule has 0 N–H and O–H groups in total. The second kappa shape index (κ2) is 4.02. The van der Waals surface area contributed by atoms with Gasteiger partial charge in [-0.3, -0.25) is 0 Å². The number of sulfonamides is 1. The molecule has 0 aliphatic rings. The molecule has 3 nitrogen and oxygen atoms in total. The molecule has 0 bridgehead atoms. The van der Waals surface area contributed by atoms with E-state index >= 15 is 0 Å². The fraction of sp³-hybridized carbons (Fsp3) is 0.300. The van der Waals surface area contributed by atoms with Crippen LogP contribution in [-0.4, -0.2) is 26.8 Å². The van der Waals surface area contributed by atoms with Crippen molar-refractivity contribution in [1.82, 2.24) is 4.31 Å². The molecule has 0 radical (unpaired) electrons. The van der Waals surface area contributed by atoms with Crippen LogP contribution in [0.4, 0.5) is 0 Å². The van der Waals surface area contributed by atoms with Gasteiger partial charge in [0.1, 0.15) is 0 Å². The maximum absolute atomic E-state index is 11.6. The fourth-order valence-corrected chi connectivity index (χ4v) is 1.94. The van der Waals surface area contributed by atoms with Crippen LogP contribution in [-0.2, 0) is 10.0 Å². The Kier molecular flexibility index (Phi) is 3.18. The molecule has 0 fully saturated rings. The van der Waals surface area contributed by atoms with E-state index in [1.807, 2.05) is 13.3 Å². The van der Waals surface area contributed by atoms with Gasteiger partial charge in [0, 0.05) is 14.1 Å². The third kappa shape index (κ3) is 2.08. The lowest BCUT2D eigenvalue weighted by Gasteiger charge is -2.13. The Morgan fingerprint density at radius 1 is 1.14 bits per heavy atom. The van der Waals surface area contributed by atoms with Crippen molar-refractivity contribution in [2.24, 2.45) is 0 Å². The monoisotopic (exact) mass is 212 g/mol. The second-order valence-corrected chi connectivity index (χ2v) is 5.30. The molecule has 0 aliphatic heterocycles. The molecule has 4 heteroatoms. The van der Waals surface area contributed by atoms with Crippen LogP contribution in [0.2, 0.25) is 0 Å². The van der Waals surface area contributed by atoms with Crippen LogP contribution in [0, 0.1) is 6.42 Å². The van der Waals surface area contributed by atoms with Crippen molar-refractivity contribution in [1.29, 1.82) is 0 Å². The summed E-state index contributed by atoms with van der Waals surface area (Å²) in [5.74, 6) is 0. The molecule has 1 aromatic carbocycles. The van der Waals surface area contributed by atoms with Crippen LogP contribution in [0.3, 0.4) is 0 Å². The molecule has 14 heavy (non-hydrogen) atoms. The largest absolute Gasteiger partial charge is 0.240 e. The van der Waals surface area contributed by atoms with Crippen LogP contribution >= 0.6 is 0 Å². The lowest BCUT2D eigenvalue weighted by molar-refractivity contribution is 0.521. The highest BCUT2D eigenvalue weighted by Crippen LogP contribution is 2.14. The summed E-state index contributed by atoms with van der Waals surface area (Å²) in [6.07, 6.45) is 1.92. The summed E-state index contributed by atoms with van der Waals surface area (Å²) in [7, 11) is -0.236. The van der Waals surface area contributed by atoms with Crippen molar-refractivity contribution in [2.45, 2.75) is 11.8 Å². The normalized spacial score (nSPS) is 11.7. The Labute approximate surface area is 85.4 Å². The third-order valence-corrected chi connectivity index (χ3v) is 3.82. The number of hydrogen-bond acceptors (Lipinski definition) is 2. The quantitative estimate of drug-likeness (QED) is 0.712. The van der Waals surface area contributed by atoms with Gasteiger partial charge in [-0.1, -0.05) is 19.1 Å². The zero-order valence-corrected chi connectivity index (χ0v) is 9.38. The predicted molar refractivity (Wildman–Crippen MR) is 56.4 cm³/mol. The van der Waals surface area contributed by atoms with Gasteiger partial charge in [-0.15, -0.1) is 0 Å². The summed E-state index contributed by atoms with van der Waals surface area (Å²) >= 11 is 0. The molecule has 0 atom stereocenters. The summed E-state index contributed by atoms with van der Waals surface area (Å²) in [5, 5.41) is 0. The first kappa shape index (κ1) is 11.1. The van der Waals surface area contributed by atoms with Crippen molar-refractivity contribution < 1.29 is 8.42 Å². The SMILES string of the molecule is C[CH-]c1ccc(S(=O)(=O)N(C)C)cc1. The van der Waals surface area contributed by atoms with Gasteiger partial charge in [0.25, 0.3) is 0 Å². The molecule has 0 amide bonds. The highest BCUT2D eigenvalue weighted by molar-refractivity contribution is 7.89. The van der Waals surface area contributed by atoms with E-state index in [1.165, 1.54) is 18.4 Å². The number of benzene rings is 1. The second-order valence-electron chi connectivity index (χ2n) is 3.15. The first-order valence-corrected chi connectivity index (χ1v) is 5.74. The Morgan fingerprint density at radius 2 is 1.64 bits per heavy atom. The van der Waals surface area contributed by atoms with Gasteiger partial charge >= 0.3 is 0 Å². The van der Waals surface area contributed by atoms with E-state index in [2.05, 4.69) is 0 Å². The fourth-order valence-electron chi connectivity index (χ4n) is 1.04. The van der Waals surface area contributed by atoms with Crippen molar-refractivity contribution in [3.05, 3.63) is 36.2 Å². The summed E-state index contributed by atoms with van der Waals surface area (Å²) in [4.78, 5) is 0.327. The van der Waals surface area contributed by atoms with Crippen molar-refractivity contribution in [3.63, 3.8) is 0 Å². The lowest BCUT2D eigenvalue weighted by atomic mass is 10.2. The van der Waals surface area contributed by atoms with Gasteiger partial charge in [-0.2, -0.15) is 24.1 Å². The average molecular weight is 212 g/mol. The molecule has 0 aromatic heterocycles. The van der Waals surface area contributed by atoms with Gasteiger partial charge in [0.15, 0.2) is 0 Å². The van der Waals surface area contributed by atoms with E-state index in [0.717, 1.165) is 5.56 Å². The minimum absolute atomic E-state index is 0.327. The zero-order chi connectivity index (χ0) is 10.8. The molecule has 0 saturated heterocycles. The summed E-state index contributed by atoms with van der Waals surface area (Å²) in [6, 6.07) is 6.81. The third-order valence-electron chi connectivity index (χ3n) is 1.99. The Hall–Kier alpha value is -1.00. The van der Waals surface area contributed by atoms with Crippen molar-refractivity contribution in [2.75, 3.05) is 14.1 Å². The summed E-state index contributed by atoms with van der Waals surface area (Å²) in [5.41, 5.74) is 1.02. The molecule has 1 aromatic rings. The van der Waals surface area contributed by atoms with Crippen LogP contribution < -0.4 is 0 Å². The molecule has 0 unspecified atom stereocenters. The van der Waals surface area contributed by atoms with Crippen LogP contribution in [0.15, 0.2) is 29.2 Å². The molecule has 0 heterocycles. The minimum Gasteiger partial charge on any atom is -0.207 e. The first-order chi connectivity index (χ1) is 6.48. The van der Waals surface area contributed by atoms with E-state index in [9.17, 15) is 8.42 Å². The van der Waals surface area contributed by atoms with Gasteiger partial charge in [0.05, 0.1) is 4.90 Å². The van der Waals surface area contributed by atoms with E-state index in [4.69, 9.17) is 0 Å². The number of rotatable bonds is 3. The van der Waals surface area contributed by atoms with Gasteiger partial charge in [-0.05, 0) is 0 Å². The van der Waals surface area contributed by atoms with Gasteiger partial charge in [-0.25, -0.2) is 12.7 Å². The molecule has 0 saturated carbocycles. The Morgan fingerprint density at radius 3 is 2.00 bits per heavy atom. The van der Waals surface area contributed by atoms with Crippen LogP contribution in [0.25, 0.3) is 0 Å². The van der Waals surface area contributed by atoms with E-state index in [-0.39, 0.29) is 0 Å². The molecular weight excluding hydrogens is 198 g/mol. The minimum atomic E-state index is -3.28. The zero-order valence-electron chi connectivity index (χ0n) is 8.56. The molecular formula is C10H14NO2S-. The molecule has 0 aliphatic carbocycles. The average Bonchev–Trinajstić information content (AvgIpc) is 2.17. The lowest BCUT2D eigenvalue weighted by Crippen LogP contribution is -2.22. The maximum atomic E-state index is 11.6. The molecule has 0 spiro atoms. The van der Waals surface area contributed by atoms with E-state index < -0.39 is 10.0 Å². The van der Waals surface area contributed by atoms with Crippen LogP contribution in [0.1, 0.15) is 12.5 Å². The van der Waals surface area contributed by atoms with Crippen molar-refractivity contribution >= 4 is 10.0 Å². The number of nitrogens with zero attached hydrogens (tertiary/aromatic N) is 1. The van der Waals surface area contributed by atoms with Crippen LogP contribution in [0.5, 0.6) is 0 Å². The number of hydrogen-bond donors (Lipinski definition) is 0. The molecule has 1 rings (SSSR count). The molecule has 78 valence electrons. The standard InChI is InChI=1S/C10H14NO2S/c1-4-9-5-7-10(8-6-9)14(12,13)11(2)3/h4-8H,1-3H3/q-1. The van der Waals surface area contributed by atoms with Gasteiger partial charge < -0.3 is 0 Å². The van der Waals surface area contributed by atoms with Crippen molar-refractivity contribution in [3.8, 4) is 0 Å².